The van der Waals surface area contributed by atoms with Gasteiger partial charge in [0.15, 0.2) is 5.75 Å². The number of aryl methyl sites for hydroxylation is 4. The van der Waals surface area contributed by atoms with Gasteiger partial charge in [0.1, 0.15) is 11.6 Å². The molecule has 0 aliphatic rings. The topological polar surface area (TPSA) is 53.2 Å². The summed E-state index contributed by atoms with van der Waals surface area (Å²) in [5.74, 6) is 0.221. The van der Waals surface area contributed by atoms with Crippen molar-refractivity contribution < 1.29 is 9.13 Å². The van der Waals surface area contributed by atoms with Crippen LogP contribution in [0.25, 0.3) is 11.1 Å². The first-order chi connectivity index (χ1) is 12.3. The van der Waals surface area contributed by atoms with Crippen molar-refractivity contribution in [2.45, 2.75) is 13.8 Å². The molecule has 0 fully saturated rings. The van der Waals surface area contributed by atoms with Crippen molar-refractivity contribution in [3.05, 3.63) is 80.4 Å². The number of aromatic nitrogens is 2. The van der Waals surface area contributed by atoms with Crippen LogP contribution in [0.4, 0.5) is 4.39 Å². The lowest BCUT2D eigenvalue weighted by Gasteiger charge is -2.16. The largest absolute Gasteiger partial charge is 0.450 e. The molecule has 0 aliphatic carbocycles. The zero-order chi connectivity index (χ0) is 19.0. The lowest BCUT2D eigenvalue weighted by molar-refractivity contribution is 0.462. The van der Waals surface area contributed by atoms with Crippen LogP contribution in [0.5, 0.6) is 11.5 Å². The Morgan fingerprint density at radius 2 is 1.58 bits per heavy atom. The first kappa shape index (κ1) is 17.7. The summed E-state index contributed by atoms with van der Waals surface area (Å²) >= 11 is 0. The van der Waals surface area contributed by atoms with Crippen molar-refractivity contribution >= 4 is 0 Å². The highest BCUT2D eigenvalue weighted by atomic mass is 19.1. The van der Waals surface area contributed by atoms with E-state index in [0.717, 1.165) is 0 Å². The highest BCUT2D eigenvalue weighted by Crippen LogP contribution is 2.33. The summed E-state index contributed by atoms with van der Waals surface area (Å²) in [4.78, 5) is 24.4. The molecule has 2 heterocycles. The lowest BCUT2D eigenvalue weighted by atomic mass is 10.1. The minimum atomic E-state index is -0.355. The van der Waals surface area contributed by atoms with Gasteiger partial charge in [0, 0.05) is 43.7 Å². The molecule has 0 spiro atoms. The van der Waals surface area contributed by atoms with E-state index in [0.29, 0.717) is 28.0 Å². The van der Waals surface area contributed by atoms with Crippen molar-refractivity contribution in [2.24, 2.45) is 14.1 Å². The third-order valence-corrected chi connectivity index (χ3v) is 4.25. The second-order valence-corrected chi connectivity index (χ2v) is 6.31. The molecule has 0 atom stereocenters. The number of rotatable bonds is 3. The molecule has 134 valence electrons. The SMILES string of the molecule is Cc1cc(F)cc(C)c1Oc1c(-c2ccc(=O)n(C)c2)ccn(C)c1=O. The predicted octanol–water partition coefficient (Wildman–Crippen LogP) is 3.30. The molecule has 0 bridgehead atoms. The zero-order valence-electron chi connectivity index (χ0n) is 15.0. The van der Waals surface area contributed by atoms with E-state index in [1.54, 1.807) is 52.5 Å². The molecule has 26 heavy (non-hydrogen) atoms. The van der Waals surface area contributed by atoms with E-state index in [4.69, 9.17) is 4.74 Å². The Bertz CT molecular complexity index is 1090. The van der Waals surface area contributed by atoms with Gasteiger partial charge in [0.05, 0.1) is 0 Å². The first-order valence-corrected chi connectivity index (χ1v) is 8.09. The number of benzene rings is 1. The van der Waals surface area contributed by atoms with E-state index in [1.165, 1.54) is 27.3 Å². The Kier molecular flexibility index (Phi) is 4.50. The van der Waals surface area contributed by atoms with Crippen molar-refractivity contribution in [1.29, 1.82) is 0 Å². The highest BCUT2D eigenvalue weighted by molar-refractivity contribution is 5.69. The van der Waals surface area contributed by atoms with Gasteiger partial charge in [-0.15, -0.1) is 0 Å². The Labute approximate surface area is 149 Å². The van der Waals surface area contributed by atoms with Crippen molar-refractivity contribution in [3.63, 3.8) is 0 Å². The average molecular weight is 354 g/mol. The second kappa shape index (κ2) is 6.63. The maximum Gasteiger partial charge on any atom is 0.293 e. The van der Waals surface area contributed by atoms with Crippen molar-refractivity contribution in [3.8, 4) is 22.6 Å². The van der Waals surface area contributed by atoms with Crippen LogP contribution in [0.15, 0.2) is 52.3 Å². The Balaban J connectivity index is 2.21. The van der Waals surface area contributed by atoms with Gasteiger partial charge in [-0.1, -0.05) is 0 Å². The fourth-order valence-corrected chi connectivity index (χ4v) is 2.84. The van der Waals surface area contributed by atoms with E-state index >= 15 is 0 Å². The number of ether oxygens (including phenoxy) is 1. The van der Waals surface area contributed by atoms with Crippen molar-refractivity contribution in [2.75, 3.05) is 0 Å². The fourth-order valence-electron chi connectivity index (χ4n) is 2.84. The van der Waals surface area contributed by atoms with Gasteiger partial charge in [-0.25, -0.2) is 4.39 Å². The summed E-state index contributed by atoms with van der Waals surface area (Å²) in [7, 11) is 3.27. The van der Waals surface area contributed by atoms with Gasteiger partial charge < -0.3 is 13.9 Å². The molecule has 0 aliphatic heterocycles. The summed E-state index contributed by atoms with van der Waals surface area (Å²) < 4.78 is 22.4. The normalized spacial score (nSPS) is 10.8. The van der Waals surface area contributed by atoms with Crippen LogP contribution in [0.1, 0.15) is 11.1 Å². The molecule has 0 saturated heterocycles. The van der Waals surface area contributed by atoms with Gasteiger partial charge in [-0.2, -0.15) is 0 Å². The smallest absolute Gasteiger partial charge is 0.293 e. The summed E-state index contributed by atoms with van der Waals surface area (Å²) in [5, 5.41) is 0. The Morgan fingerprint density at radius 1 is 0.923 bits per heavy atom. The summed E-state index contributed by atoms with van der Waals surface area (Å²) in [5.41, 5.74) is 1.97. The first-order valence-electron chi connectivity index (χ1n) is 8.09. The second-order valence-electron chi connectivity index (χ2n) is 6.31. The van der Waals surface area contributed by atoms with E-state index in [1.807, 2.05) is 0 Å². The molecule has 3 aromatic rings. The predicted molar refractivity (Wildman–Crippen MR) is 98.3 cm³/mol. The van der Waals surface area contributed by atoms with E-state index in [2.05, 4.69) is 0 Å². The number of pyridine rings is 2. The van der Waals surface area contributed by atoms with Gasteiger partial charge in [0.2, 0.25) is 5.56 Å². The zero-order valence-corrected chi connectivity index (χ0v) is 15.0. The van der Waals surface area contributed by atoms with Crippen LogP contribution in [0, 0.1) is 19.7 Å². The molecule has 0 unspecified atom stereocenters. The minimum Gasteiger partial charge on any atom is -0.450 e. The maximum atomic E-state index is 13.6. The standard InChI is InChI=1S/C20H19FN2O3/c1-12-9-15(21)10-13(2)18(12)26-19-16(7-8-22(3)20(19)25)14-5-6-17(24)23(4)11-14/h5-11H,1-4H3. The van der Waals surface area contributed by atoms with E-state index < -0.39 is 0 Å². The monoisotopic (exact) mass is 354 g/mol. The van der Waals surface area contributed by atoms with E-state index in [9.17, 15) is 14.0 Å². The van der Waals surface area contributed by atoms with Crippen LogP contribution in [-0.2, 0) is 14.1 Å². The molecular weight excluding hydrogens is 335 g/mol. The van der Waals surface area contributed by atoms with Crippen LogP contribution < -0.4 is 15.9 Å². The van der Waals surface area contributed by atoms with Gasteiger partial charge >= 0.3 is 0 Å². The Morgan fingerprint density at radius 3 is 2.19 bits per heavy atom. The summed E-state index contributed by atoms with van der Waals surface area (Å²) in [6, 6.07) is 7.56. The number of nitrogens with zero attached hydrogens (tertiary/aromatic N) is 2. The molecular formula is C20H19FN2O3. The molecule has 0 saturated carbocycles. The Hall–Kier alpha value is -3.15. The molecule has 3 rings (SSSR count). The summed E-state index contributed by atoms with van der Waals surface area (Å²) in [6.45, 7) is 3.45. The number of hydrogen-bond acceptors (Lipinski definition) is 3. The average Bonchev–Trinajstić information content (AvgIpc) is 2.57. The molecule has 0 radical (unpaired) electrons. The molecule has 1 aromatic carbocycles. The third-order valence-electron chi connectivity index (χ3n) is 4.25. The fraction of sp³-hybridized carbons (Fsp3) is 0.200. The molecule has 5 nitrogen and oxygen atoms in total. The number of hydrogen-bond donors (Lipinski definition) is 0. The van der Waals surface area contributed by atoms with Crippen molar-refractivity contribution in [1.82, 2.24) is 9.13 Å². The number of halogens is 1. The van der Waals surface area contributed by atoms with Gasteiger partial charge in [-0.3, -0.25) is 9.59 Å². The third kappa shape index (κ3) is 3.18. The quantitative estimate of drug-likeness (QED) is 0.725. The molecule has 0 amide bonds. The van der Waals surface area contributed by atoms with Crippen LogP contribution in [0.2, 0.25) is 0 Å². The molecule has 6 heteroatoms. The van der Waals surface area contributed by atoms with Gasteiger partial charge in [-0.05, 0) is 49.2 Å². The van der Waals surface area contributed by atoms with Crippen LogP contribution in [0.3, 0.4) is 0 Å². The van der Waals surface area contributed by atoms with Crippen LogP contribution in [-0.4, -0.2) is 9.13 Å². The maximum absolute atomic E-state index is 13.6. The highest BCUT2D eigenvalue weighted by Gasteiger charge is 2.17. The molecule has 2 aromatic heterocycles. The summed E-state index contributed by atoms with van der Waals surface area (Å²) in [6.07, 6.45) is 3.29. The van der Waals surface area contributed by atoms with Gasteiger partial charge in [0.25, 0.3) is 5.56 Å². The van der Waals surface area contributed by atoms with E-state index in [-0.39, 0.29) is 22.7 Å². The minimum absolute atomic E-state index is 0.131. The molecule has 0 N–H and O–H groups in total. The van der Waals surface area contributed by atoms with Crippen LogP contribution >= 0.6 is 0 Å². The lowest BCUT2D eigenvalue weighted by Crippen LogP contribution is -2.19.